The molecule has 0 saturated carbocycles. The van der Waals surface area contributed by atoms with Crippen LogP contribution in [0.1, 0.15) is 24.5 Å². The largest absolute Gasteiger partial charge is 0.371 e. The lowest BCUT2D eigenvalue weighted by molar-refractivity contribution is 0.668. The zero-order valence-electron chi connectivity index (χ0n) is 11.0. The molecule has 0 aliphatic rings. The van der Waals surface area contributed by atoms with Gasteiger partial charge in [0.25, 0.3) is 0 Å². The number of thioether (sulfide) groups is 1. The van der Waals surface area contributed by atoms with Crippen LogP contribution in [0, 0.1) is 18.3 Å². The number of nitriles is 1. The number of benzene rings is 1. The smallest absolute Gasteiger partial charge is 0.101 e. The third kappa shape index (κ3) is 3.67. The van der Waals surface area contributed by atoms with E-state index in [1.165, 1.54) is 5.56 Å². The first kappa shape index (κ1) is 13.9. The van der Waals surface area contributed by atoms with Gasteiger partial charge in [-0.1, -0.05) is 6.07 Å². The molecule has 0 N–H and O–H groups in total. The summed E-state index contributed by atoms with van der Waals surface area (Å²) >= 11 is 1.86. The van der Waals surface area contributed by atoms with Crippen LogP contribution in [0.15, 0.2) is 18.2 Å². The van der Waals surface area contributed by atoms with Gasteiger partial charge in [-0.25, -0.2) is 0 Å². The Labute approximate surface area is 109 Å². The molecule has 0 saturated heterocycles. The van der Waals surface area contributed by atoms with E-state index in [9.17, 15) is 0 Å². The van der Waals surface area contributed by atoms with Gasteiger partial charge in [-0.2, -0.15) is 17.0 Å². The highest BCUT2D eigenvalue weighted by Crippen LogP contribution is 2.23. The van der Waals surface area contributed by atoms with Crippen molar-refractivity contribution in [3.8, 4) is 6.07 Å². The Morgan fingerprint density at radius 3 is 2.76 bits per heavy atom. The molecule has 0 aromatic heterocycles. The van der Waals surface area contributed by atoms with Crippen LogP contribution in [-0.2, 0) is 0 Å². The molecular formula is C14H20N2S. The highest BCUT2D eigenvalue weighted by atomic mass is 32.2. The molecule has 3 heteroatoms. The van der Waals surface area contributed by atoms with Gasteiger partial charge in [-0.3, -0.25) is 0 Å². The number of rotatable bonds is 5. The Kier molecular flexibility index (Phi) is 5.37. The normalized spacial score (nSPS) is 11.9. The minimum atomic E-state index is 0.455. The molecule has 1 rings (SSSR count). The maximum atomic E-state index is 9.14. The maximum Gasteiger partial charge on any atom is 0.101 e. The second-order valence-corrected chi connectivity index (χ2v) is 5.36. The second-order valence-electron chi connectivity index (χ2n) is 4.37. The summed E-state index contributed by atoms with van der Waals surface area (Å²) in [5.74, 6) is 1.15. The monoisotopic (exact) mass is 248 g/mol. The molecule has 1 aromatic rings. The van der Waals surface area contributed by atoms with Gasteiger partial charge in [-0.15, -0.1) is 0 Å². The molecule has 1 atom stereocenters. The van der Waals surface area contributed by atoms with E-state index >= 15 is 0 Å². The summed E-state index contributed by atoms with van der Waals surface area (Å²) in [4.78, 5) is 2.21. The van der Waals surface area contributed by atoms with E-state index < -0.39 is 0 Å². The number of hydrogen-bond donors (Lipinski definition) is 0. The van der Waals surface area contributed by atoms with Gasteiger partial charge in [0.15, 0.2) is 0 Å². The van der Waals surface area contributed by atoms with E-state index in [2.05, 4.69) is 44.2 Å². The van der Waals surface area contributed by atoms with Crippen LogP contribution in [0.25, 0.3) is 0 Å². The summed E-state index contributed by atoms with van der Waals surface area (Å²) in [7, 11) is 2.07. The van der Waals surface area contributed by atoms with E-state index in [-0.39, 0.29) is 0 Å². The zero-order chi connectivity index (χ0) is 12.8. The van der Waals surface area contributed by atoms with Gasteiger partial charge in [-0.05, 0) is 50.0 Å². The van der Waals surface area contributed by atoms with E-state index in [4.69, 9.17) is 5.26 Å². The molecule has 0 aliphatic carbocycles. The first-order chi connectivity index (χ1) is 8.10. The van der Waals surface area contributed by atoms with Crippen molar-refractivity contribution in [2.45, 2.75) is 26.3 Å². The van der Waals surface area contributed by atoms with Crippen LogP contribution >= 0.6 is 11.8 Å². The van der Waals surface area contributed by atoms with Crippen molar-refractivity contribution in [3.63, 3.8) is 0 Å². The van der Waals surface area contributed by atoms with Crippen molar-refractivity contribution >= 4 is 17.4 Å². The SMILES string of the molecule is CSCCC(C)N(C)c1cc(C)ccc1C#N. The van der Waals surface area contributed by atoms with E-state index in [0.29, 0.717) is 6.04 Å². The van der Waals surface area contributed by atoms with Crippen molar-refractivity contribution < 1.29 is 0 Å². The molecule has 2 nitrogen and oxygen atoms in total. The van der Waals surface area contributed by atoms with Crippen molar-refractivity contribution in [2.75, 3.05) is 24.0 Å². The number of aryl methyl sites for hydroxylation is 1. The third-order valence-corrected chi connectivity index (χ3v) is 3.70. The lowest BCUT2D eigenvalue weighted by Gasteiger charge is -2.28. The lowest BCUT2D eigenvalue weighted by Crippen LogP contribution is -2.30. The molecule has 0 amide bonds. The van der Waals surface area contributed by atoms with Crippen LogP contribution in [0.5, 0.6) is 0 Å². The summed E-state index contributed by atoms with van der Waals surface area (Å²) in [5, 5.41) is 9.14. The summed E-state index contributed by atoms with van der Waals surface area (Å²) in [6.07, 6.45) is 3.26. The number of hydrogen-bond acceptors (Lipinski definition) is 3. The van der Waals surface area contributed by atoms with Crippen LogP contribution in [0.4, 0.5) is 5.69 Å². The van der Waals surface area contributed by atoms with Crippen LogP contribution < -0.4 is 4.90 Å². The van der Waals surface area contributed by atoms with Crippen molar-refractivity contribution in [3.05, 3.63) is 29.3 Å². The highest BCUT2D eigenvalue weighted by Gasteiger charge is 2.13. The molecule has 17 heavy (non-hydrogen) atoms. The van der Waals surface area contributed by atoms with Gasteiger partial charge >= 0.3 is 0 Å². The fourth-order valence-electron chi connectivity index (χ4n) is 1.75. The Morgan fingerprint density at radius 2 is 2.18 bits per heavy atom. The summed E-state index contributed by atoms with van der Waals surface area (Å²) in [6, 6.07) is 8.71. The van der Waals surface area contributed by atoms with Gasteiger partial charge in [0, 0.05) is 13.1 Å². The zero-order valence-corrected chi connectivity index (χ0v) is 11.8. The van der Waals surface area contributed by atoms with Crippen molar-refractivity contribution in [1.82, 2.24) is 0 Å². The molecule has 0 spiro atoms. The number of anilines is 1. The molecule has 0 aliphatic heterocycles. The van der Waals surface area contributed by atoms with Crippen LogP contribution in [0.2, 0.25) is 0 Å². The quantitative estimate of drug-likeness (QED) is 0.798. The summed E-state index contributed by atoms with van der Waals surface area (Å²) < 4.78 is 0. The van der Waals surface area contributed by atoms with Crippen LogP contribution in [0.3, 0.4) is 0 Å². The molecule has 1 unspecified atom stereocenters. The fraction of sp³-hybridized carbons (Fsp3) is 0.500. The van der Waals surface area contributed by atoms with Gasteiger partial charge in [0.05, 0.1) is 11.3 Å². The molecule has 0 radical (unpaired) electrons. The standard InChI is InChI=1S/C14H20N2S/c1-11-5-6-13(10-15)14(9-11)16(3)12(2)7-8-17-4/h5-6,9,12H,7-8H2,1-4H3. The highest BCUT2D eigenvalue weighted by molar-refractivity contribution is 7.98. The Balaban J connectivity index is 2.91. The van der Waals surface area contributed by atoms with E-state index in [1.54, 1.807) is 0 Å². The Bertz CT molecular complexity index is 409. The Morgan fingerprint density at radius 1 is 1.47 bits per heavy atom. The van der Waals surface area contributed by atoms with Gasteiger partial charge < -0.3 is 4.90 Å². The predicted molar refractivity (Wildman–Crippen MR) is 76.8 cm³/mol. The average Bonchev–Trinajstić information content (AvgIpc) is 2.34. The summed E-state index contributed by atoms with van der Waals surface area (Å²) in [5.41, 5.74) is 3.00. The predicted octanol–water partition coefficient (Wildman–Crippen LogP) is 3.44. The molecule has 1 aromatic carbocycles. The topological polar surface area (TPSA) is 27.0 Å². The lowest BCUT2D eigenvalue weighted by atomic mass is 10.1. The second kappa shape index (κ2) is 6.56. The molecule has 0 bridgehead atoms. The van der Waals surface area contributed by atoms with Crippen molar-refractivity contribution in [1.29, 1.82) is 5.26 Å². The maximum absolute atomic E-state index is 9.14. The van der Waals surface area contributed by atoms with Gasteiger partial charge in [0.1, 0.15) is 6.07 Å². The molecule has 0 fully saturated rings. The fourth-order valence-corrected chi connectivity index (χ4v) is 2.32. The minimum absolute atomic E-state index is 0.455. The first-order valence-corrected chi connectivity index (χ1v) is 7.22. The number of nitrogens with zero attached hydrogens (tertiary/aromatic N) is 2. The molecule has 92 valence electrons. The molecule has 0 heterocycles. The third-order valence-electron chi connectivity index (χ3n) is 3.05. The minimum Gasteiger partial charge on any atom is -0.371 e. The summed E-state index contributed by atoms with van der Waals surface area (Å²) in [6.45, 7) is 4.27. The first-order valence-electron chi connectivity index (χ1n) is 5.82. The van der Waals surface area contributed by atoms with Gasteiger partial charge in [0.2, 0.25) is 0 Å². The van der Waals surface area contributed by atoms with E-state index in [1.807, 2.05) is 23.9 Å². The van der Waals surface area contributed by atoms with E-state index in [0.717, 1.165) is 23.4 Å². The average molecular weight is 248 g/mol. The Hall–Kier alpha value is -1.14. The van der Waals surface area contributed by atoms with Crippen LogP contribution in [-0.4, -0.2) is 25.1 Å². The van der Waals surface area contributed by atoms with Crippen molar-refractivity contribution in [2.24, 2.45) is 0 Å². The molecular weight excluding hydrogens is 228 g/mol.